The summed E-state index contributed by atoms with van der Waals surface area (Å²) in [6, 6.07) is 4.62. The number of primary amides is 1. The van der Waals surface area contributed by atoms with Crippen molar-refractivity contribution >= 4 is 22.8 Å². The number of nitrogens with zero attached hydrogens (tertiary/aromatic N) is 2. The number of unbranched alkanes of at least 4 members (excludes halogenated alkanes) is 1. The SMILES string of the molecule is NC(=O)C1C2CCC(C2)C1C(=O)NCCCCN1CCC(c2noc3cc(F)ccc23)CC1. The molecule has 2 saturated carbocycles. The van der Waals surface area contributed by atoms with Crippen LogP contribution in [0.5, 0.6) is 0 Å². The molecule has 4 unspecified atom stereocenters. The first-order valence-corrected chi connectivity index (χ1v) is 12.4. The first kappa shape index (κ1) is 22.3. The van der Waals surface area contributed by atoms with Gasteiger partial charge in [0, 0.05) is 23.9 Å². The molecule has 2 aliphatic carbocycles. The van der Waals surface area contributed by atoms with Gasteiger partial charge in [-0.05, 0) is 88.5 Å². The highest BCUT2D eigenvalue weighted by molar-refractivity contribution is 5.88. The zero-order valence-electron chi connectivity index (χ0n) is 19.0. The molecule has 8 heteroatoms. The number of rotatable bonds is 8. The minimum atomic E-state index is -0.309. The highest BCUT2D eigenvalue weighted by Gasteiger charge is 2.53. The van der Waals surface area contributed by atoms with Gasteiger partial charge in [-0.2, -0.15) is 0 Å². The predicted molar refractivity (Wildman–Crippen MR) is 122 cm³/mol. The van der Waals surface area contributed by atoms with Gasteiger partial charge in [0.25, 0.3) is 0 Å². The number of hydrogen-bond acceptors (Lipinski definition) is 5. The van der Waals surface area contributed by atoms with E-state index in [4.69, 9.17) is 10.3 Å². The van der Waals surface area contributed by atoms with Crippen molar-refractivity contribution in [2.45, 2.75) is 50.9 Å². The molecule has 3 N–H and O–H groups in total. The Morgan fingerprint density at radius 1 is 1.12 bits per heavy atom. The van der Waals surface area contributed by atoms with Crippen LogP contribution in [0.2, 0.25) is 0 Å². The third-order valence-electron chi connectivity index (χ3n) is 8.18. The summed E-state index contributed by atoms with van der Waals surface area (Å²) in [5.41, 5.74) is 7.06. The van der Waals surface area contributed by atoms with Crippen molar-refractivity contribution in [2.75, 3.05) is 26.2 Å². The van der Waals surface area contributed by atoms with Crippen LogP contribution in [0.1, 0.15) is 56.6 Å². The van der Waals surface area contributed by atoms with Gasteiger partial charge in [0.15, 0.2) is 5.58 Å². The summed E-state index contributed by atoms with van der Waals surface area (Å²) in [7, 11) is 0. The molecule has 5 rings (SSSR count). The van der Waals surface area contributed by atoms with E-state index in [0.717, 1.165) is 75.7 Å². The molecule has 2 heterocycles. The summed E-state index contributed by atoms with van der Waals surface area (Å²) < 4.78 is 18.7. The van der Waals surface area contributed by atoms with Crippen molar-refractivity contribution in [3.8, 4) is 0 Å². The Bertz CT molecular complexity index is 1020. The Morgan fingerprint density at radius 2 is 1.88 bits per heavy atom. The second-order valence-corrected chi connectivity index (χ2v) is 10.1. The van der Waals surface area contributed by atoms with Gasteiger partial charge in [0.2, 0.25) is 11.8 Å². The summed E-state index contributed by atoms with van der Waals surface area (Å²) in [4.78, 5) is 27.0. The zero-order valence-corrected chi connectivity index (χ0v) is 19.0. The van der Waals surface area contributed by atoms with Crippen LogP contribution < -0.4 is 11.1 Å². The smallest absolute Gasteiger partial charge is 0.224 e. The largest absolute Gasteiger partial charge is 0.369 e. The van der Waals surface area contributed by atoms with E-state index in [9.17, 15) is 14.0 Å². The Labute approximate surface area is 193 Å². The molecule has 2 aromatic rings. The summed E-state index contributed by atoms with van der Waals surface area (Å²) in [6.07, 6.45) is 7.01. The Hall–Kier alpha value is -2.48. The fourth-order valence-electron chi connectivity index (χ4n) is 6.52. The molecule has 7 nitrogen and oxygen atoms in total. The standard InChI is InChI=1S/C25H33FN4O3/c26-18-5-6-19-20(14-18)33-29-23(19)15-7-11-30(12-8-15)10-2-1-9-28-25(32)22-17-4-3-16(13-17)21(22)24(27)31/h5-6,14-17,21-22H,1-4,7-13H2,(H2,27,31)(H,28,32). The summed E-state index contributed by atoms with van der Waals surface area (Å²) in [5.74, 6) is -0.109. The second kappa shape index (κ2) is 9.41. The maximum atomic E-state index is 13.4. The van der Waals surface area contributed by atoms with Crippen LogP contribution in [-0.2, 0) is 9.59 Å². The lowest BCUT2D eigenvalue weighted by Gasteiger charge is -2.31. The molecule has 1 aromatic heterocycles. The van der Waals surface area contributed by atoms with Crippen LogP contribution >= 0.6 is 0 Å². The van der Waals surface area contributed by atoms with Crippen LogP contribution in [0.3, 0.4) is 0 Å². The van der Waals surface area contributed by atoms with Gasteiger partial charge in [0.1, 0.15) is 5.82 Å². The highest BCUT2D eigenvalue weighted by Crippen LogP contribution is 2.52. The van der Waals surface area contributed by atoms with E-state index in [1.807, 2.05) is 0 Å². The minimum Gasteiger partial charge on any atom is -0.369 e. The molecule has 4 atom stereocenters. The van der Waals surface area contributed by atoms with Crippen LogP contribution in [0, 0.1) is 29.5 Å². The number of hydrogen-bond donors (Lipinski definition) is 2. The number of halogens is 1. The van der Waals surface area contributed by atoms with Crippen molar-refractivity contribution in [3.05, 3.63) is 29.7 Å². The van der Waals surface area contributed by atoms with E-state index >= 15 is 0 Å². The highest BCUT2D eigenvalue weighted by atomic mass is 19.1. The van der Waals surface area contributed by atoms with E-state index in [-0.39, 0.29) is 29.5 Å². The number of piperidine rings is 1. The Kier molecular flexibility index (Phi) is 6.36. The van der Waals surface area contributed by atoms with E-state index in [0.29, 0.717) is 29.9 Å². The number of nitrogens with one attached hydrogen (secondary N) is 1. The summed E-state index contributed by atoms with van der Waals surface area (Å²) in [6.45, 7) is 3.65. The van der Waals surface area contributed by atoms with E-state index in [2.05, 4.69) is 15.4 Å². The maximum Gasteiger partial charge on any atom is 0.224 e. The average Bonchev–Trinajstić information content (AvgIpc) is 3.53. The molecule has 0 radical (unpaired) electrons. The summed E-state index contributed by atoms with van der Waals surface area (Å²) >= 11 is 0. The number of carbonyl (C=O) groups excluding carboxylic acids is 2. The number of benzene rings is 1. The van der Waals surface area contributed by atoms with Crippen LogP contribution in [0.25, 0.3) is 11.0 Å². The van der Waals surface area contributed by atoms with Gasteiger partial charge < -0.3 is 20.5 Å². The topological polar surface area (TPSA) is 101 Å². The number of aromatic nitrogens is 1. The third-order valence-corrected chi connectivity index (χ3v) is 8.18. The Balaban J connectivity index is 1.02. The van der Waals surface area contributed by atoms with E-state index in [1.54, 1.807) is 6.07 Å². The molecule has 178 valence electrons. The molecule has 0 spiro atoms. The second-order valence-electron chi connectivity index (χ2n) is 10.1. The number of likely N-dealkylation sites (tertiary alicyclic amines) is 1. The molecule has 3 aliphatic rings. The molecule has 1 aliphatic heterocycles. The molecule has 2 bridgehead atoms. The van der Waals surface area contributed by atoms with E-state index in [1.165, 1.54) is 12.1 Å². The Morgan fingerprint density at radius 3 is 2.64 bits per heavy atom. The van der Waals surface area contributed by atoms with Gasteiger partial charge in [-0.3, -0.25) is 9.59 Å². The zero-order chi connectivity index (χ0) is 22.9. The number of nitrogens with two attached hydrogens (primary N) is 1. The molecule has 1 aromatic carbocycles. The fraction of sp³-hybridized carbons (Fsp3) is 0.640. The van der Waals surface area contributed by atoms with Crippen molar-refractivity contribution in [3.63, 3.8) is 0 Å². The van der Waals surface area contributed by atoms with E-state index < -0.39 is 0 Å². The van der Waals surface area contributed by atoms with Crippen LogP contribution in [0.4, 0.5) is 4.39 Å². The van der Waals surface area contributed by atoms with Gasteiger partial charge in [-0.1, -0.05) is 5.16 Å². The first-order valence-electron chi connectivity index (χ1n) is 12.4. The molecular weight excluding hydrogens is 423 g/mol. The predicted octanol–water partition coefficient (Wildman–Crippen LogP) is 3.19. The maximum absolute atomic E-state index is 13.4. The lowest BCUT2D eigenvalue weighted by Crippen LogP contribution is -2.43. The first-order chi connectivity index (χ1) is 16.0. The number of carbonyl (C=O) groups is 2. The quantitative estimate of drug-likeness (QED) is 0.594. The van der Waals surface area contributed by atoms with Crippen molar-refractivity contribution < 1.29 is 18.5 Å². The van der Waals surface area contributed by atoms with Crippen molar-refractivity contribution in [1.29, 1.82) is 0 Å². The average molecular weight is 457 g/mol. The van der Waals surface area contributed by atoms with Gasteiger partial charge in [-0.25, -0.2) is 4.39 Å². The molecular formula is C25H33FN4O3. The normalized spacial score (nSPS) is 27.9. The lowest BCUT2D eigenvalue weighted by molar-refractivity contribution is -0.135. The lowest BCUT2D eigenvalue weighted by atomic mass is 9.78. The minimum absolute atomic E-state index is 0.0199. The van der Waals surface area contributed by atoms with Gasteiger partial charge in [-0.15, -0.1) is 0 Å². The fourth-order valence-corrected chi connectivity index (χ4v) is 6.52. The molecule has 2 amide bonds. The van der Waals surface area contributed by atoms with Crippen LogP contribution in [-0.4, -0.2) is 48.0 Å². The number of fused-ring (bicyclic) bond motifs is 3. The summed E-state index contributed by atoms with van der Waals surface area (Å²) in [5, 5.41) is 8.21. The monoisotopic (exact) mass is 456 g/mol. The van der Waals surface area contributed by atoms with Gasteiger partial charge in [0.05, 0.1) is 17.5 Å². The van der Waals surface area contributed by atoms with Crippen LogP contribution in [0.15, 0.2) is 22.7 Å². The number of amides is 2. The van der Waals surface area contributed by atoms with Gasteiger partial charge >= 0.3 is 0 Å². The van der Waals surface area contributed by atoms with Crippen molar-refractivity contribution in [2.24, 2.45) is 29.4 Å². The third kappa shape index (κ3) is 4.50. The van der Waals surface area contributed by atoms with Crippen molar-refractivity contribution in [1.82, 2.24) is 15.4 Å². The molecule has 33 heavy (non-hydrogen) atoms. The molecule has 3 fully saturated rings. The molecule has 1 saturated heterocycles.